The highest BCUT2D eigenvalue weighted by atomic mass is 35.5. The van der Waals surface area contributed by atoms with Crippen LogP contribution in [0.1, 0.15) is 18.1 Å². The van der Waals surface area contributed by atoms with Crippen LogP contribution in [0, 0.1) is 0 Å². The molecule has 1 heterocycles. The highest BCUT2D eigenvalue weighted by Crippen LogP contribution is 2.38. The normalized spacial score (nSPS) is 17.1. The summed E-state index contributed by atoms with van der Waals surface area (Å²) in [4.78, 5) is 0. The molecule has 1 aliphatic heterocycles. The number of hydrogen-bond acceptors (Lipinski definition) is 5. The molecular formula is C13H19ClN2O3. The van der Waals surface area contributed by atoms with Crippen molar-refractivity contribution in [3.8, 4) is 11.5 Å². The summed E-state index contributed by atoms with van der Waals surface area (Å²) in [5.41, 5.74) is 6.16. The Balaban J connectivity index is 2.28. The highest BCUT2D eigenvalue weighted by molar-refractivity contribution is 6.31. The van der Waals surface area contributed by atoms with Crippen molar-refractivity contribution in [3.63, 3.8) is 0 Å². The van der Waals surface area contributed by atoms with E-state index >= 15 is 0 Å². The van der Waals surface area contributed by atoms with Crippen LogP contribution in [0.15, 0.2) is 12.1 Å². The maximum absolute atomic E-state index is 10.4. The van der Waals surface area contributed by atoms with Crippen LogP contribution in [0.2, 0.25) is 5.02 Å². The van der Waals surface area contributed by atoms with Gasteiger partial charge >= 0.3 is 0 Å². The molecule has 106 valence electrons. The Bertz CT molecular complexity index is 442. The first-order valence-electron chi connectivity index (χ1n) is 6.31. The number of fused-ring (bicyclic) bond motifs is 1. The lowest BCUT2D eigenvalue weighted by molar-refractivity contribution is 0.127. The van der Waals surface area contributed by atoms with Crippen molar-refractivity contribution in [2.75, 3.05) is 26.8 Å². The summed E-state index contributed by atoms with van der Waals surface area (Å²) >= 11 is 6.20. The van der Waals surface area contributed by atoms with Gasteiger partial charge in [-0.25, -0.2) is 0 Å². The van der Waals surface area contributed by atoms with Crippen molar-refractivity contribution in [1.82, 2.24) is 5.32 Å². The third kappa shape index (κ3) is 3.12. The Morgan fingerprint density at radius 3 is 2.58 bits per heavy atom. The molecule has 0 bridgehead atoms. The largest absolute Gasteiger partial charge is 0.486 e. The lowest BCUT2D eigenvalue weighted by Crippen LogP contribution is -2.34. The molecular weight excluding hydrogens is 268 g/mol. The van der Waals surface area contributed by atoms with Gasteiger partial charge in [0.2, 0.25) is 0 Å². The molecule has 0 saturated carbocycles. The Kier molecular flexibility index (Phi) is 4.87. The SMILES string of the molecule is CNC(CCN)C(O)c1cc2c(cc1Cl)OCCO2. The minimum Gasteiger partial charge on any atom is -0.486 e. The maximum Gasteiger partial charge on any atom is 0.162 e. The average Bonchev–Trinajstić information content (AvgIpc) is 2.43. The van der Waals surface area contributed by atoms with Crippen molar-refractivity contribution < 1.29 is 14.6 Å². The third-order valence-corrected chi connectivity index (χ3v) is 3.54. The number of benzene rings is 1. The van der Waals surface area contributed by atoms with Crippen LogP contribution in [0.5, 0.6) is 11.5 Å². The van der Waals surface area contributed by atoms with Gasteiger partial charge in [0.15, 0.2) is 11.5 Å². The molecule has 19 heavy (non-hydrogen) atoms. The zero-order valence-corrected chi connectivity index (χ0v) is 11.6. The summed E-state index contributed by atoms with van der Waals surface area (Å²) in [6, 6.07) is 3.27. The molecule has 0 radical (unpaired) electrons. The zero-order valence-electron chi connectivity index (χ0n) is 10.9. The second-order valence-corrected chi connectivity index (χ2v) is 4.84. The molecule has 1 aliphatic rings. The molecule has 0 aliphatic carbocycles. The highest BCUT2D eigenvalue weighted by Gasteiger charge is 2.24. The van der Waals surface area contributed by atoms with Crippen molar-refractivity contribution in [1.29, 1.82) is 0 Å². The lowest BCUT2D eigenvalue weighted by Gasteiger charge is -2.25. The van der Waals surface area contributed by atoms with Gasteiger partial charge in [0.05, 0.1) is 11.1 Å². The summed E-state index contributed by atoms with van der Waals surface area (Å²) in [5.74, 6) is 1.24. The van der Waals surface area contributed by atoms with Crippen LogP contribution < -0.4 is 20.5 Å². The van der Waals surface area contributed by atoms with Crippen molar-refractivity contribution >= 4 is 11.6 Å². The van der Waals surface area contributed by atoms with Gasteiger partial charge in [0.1, 0.15) is 13.2 Å². The van der Waals surface area contributed by atoms with E-state index in [1.54, 1.807) is 19.2 Å². The maximum atomic E-state index is 10.4. The summed E-state index contributed by atoms with van der Waals surface area (Å²) in [6.07, 6.45) is -0.0838. The second-order valence-electron chi connectivity index (χ2n) is 4.43. The molecule has 6 heteroatoms. The van der Waals surface area contributed by atoms with Crippen LogP contribution in [0.4, 0.5) is 0 Å². The van der Waals surface area contributed by atoms with Gasteiger partial charge in [0.25, 0.3) is 0 Å². The molecule has 0 fully saturated rings. The van der Waals surface area contributed by atoms with Crippen molar-refractivity contribution in [2.24, 2.45) is 5.73 Å². The fraction of sp³-hybridized carbons (Fsp3) is 0.538. The number of nitrogens with one attached hydrogen (secondary N) is 1. The fourth-order valence-corrected chi connectivity index (χ4v) is 2.43. The van der Waals surface area contributed by atoms with Gasteiger partial charge in [0, 0.05) is 17.7 Å². The van der Waals surface area contributed by atoms with Gasteiger partial charge < -0.3 is 25.6 Å². The molecule has 2 atom stereocenters. The molecule has 0 amide bonds. The van der Waals surface area contributed by atoms with E-state index in [0.717, 1.165) is 0 Å². The number of aliphatic hydroxyl groups excluding tert-OH is 1. The summed E-state index contributed by atoms with van der Waals surface area (Å²) in [6.45, 7) is 1.50. The topological polar surface area (TPSA) is 76.7 Å². The van der Waals surface area contributed by atoms with Crippen LogP contribution in [0.25, 0.3) is 0 Å². The molecule has 2 rings (SSSR count). The molecule has 0 saturated heterocycles. The van der Waals surface area contributed by atoms with Crippen LogP contribution in [-0.4, -0.2) is 38.0 Å². The van der Waals surface area contributed by atoms with Crippen LogP contribution in [0.3, 0.4) is 0 Å². The third-order valence-electron chi connectivity index (χ3n) is 3.21. The van der Waals surface area contributed by atoms with Gasteiger partial charge in [-0.15, -0.1) is 0 Å². The van der Waals surface area contributed by atoms with E-state index in [2.05, 4.69) is 5.32 Å². The van der Waals surface area contributed by atoms with E-state index < -0.39 is 6.10 Å². The van der Waals surface area contributed by atoms with E-state index in [9.17, 15) is 5.11 Å². The predicted octanol–water partition coefficient (Wildman–Crippen LogP) is 1.08. The molecule has 0 aromatic heterocycles. The molecule has 0 spiro atoms. The molecule has 1 aromatic rings. The standard InChI is InChI=1S/C13H19ClN2O3/c1-16-10(2-3-15)13(17)8-6-11-12(7-9(8)14)19-5-4-18-11/h6-7,10,13,16-17H,2-5,15H2,1H3. The van der Waals surface area contributed by atoms with Gasteiger partial charge in [-0.1, -0.05) is 11.6 Å². The predicted molar refractivity (Wildman–Crippen MR) is 73.9 cm³/mol. The minimum atomic E-state index is -0.739. The number of halogens is 1. The molecule has 4 N–H and O–H groups in total. The number of hydrogen-bond donors (Lipinski definition) is 3. The lowest BCUT2D eigenvalue weighted by atomic mass is 9.99. The van der Waals surface area contributed by atoms with E-state index in [1.165, 1.54) is 0 Å². The average molecular weight is 287 g/mol. The second kappa shape index (κ2) is 6.43. The first-order valence-corrected chi connectivity index (χ1v) is 6.69. The van der Waals surface area contributed by atoms with Crippen molar-refractivity contribution in [3.05, 3.63) is 22.7 Å². The quantitative estimate of drug-likeness (QED) is 0.755. The Morgan fingerprint density at radius 2 is 2.00 bits per heavy atom. The summed E-state index contributed by atoms with van der Waals surface area (Å²) < 4.78 is 10.9. The van der Waals surface area contributed by atoms with E-state index in [1.807, 2.05) is 0 Å². The smallest absolute Gasteiger partial charge is 0.162 e. The van der Waals surface area contributed by atoms with E-state index in [0.29, 0.717) is 48.3 Å². The zero-order chi connectivity index (χ0) is 13.8. The van der Waals surface area contributed by atoms with E-state index in [4.69, 9.17) is 26.8 Å². The first-order chi connectivity index (χ1) is 9.17. The number of ether oxygens (including phenoxy) is 2. The molecule has 1 aromatic carbocycles. The first kappa shape index (κ1) is 14.4. The minimum absolute atomic E-state index is 0.148. The van der Waals surface area contributed by atoms with Crippen molar-refractivity contribution in [2.45, 2.75) is 18.6 Å². The monoisotopic (exact) mass is 286 g/mol. The van der Waals surface area contributed by atoms with Gasteiger partial charge in [-0.3, -0.25) is 0 Å². The summed E-state index contributed by atoms with van der Waals surface area (Å²) in [5, 5.41) is 13.9. The Hall–Kier alpha value is -1.01. The number of nitrogens with two attached hydrogens (primary N) is 1. The van der Waals surface area contributed by atoms with Crippen LogP contribution in [-0.2, 0) is 0 Å². The van der Waals surface area contributed by atoms with E-state index in [-0.39, 0.29) is 6.04 Å². The Morgan fingerprint density at radius 1 is 1.37 bits per heavy atom. The number of aliphatic hydroxyl groups is 1. The fourth-order valence-electron chi connectivity index (χ4n) is 2.16. The number of rotatable bonds is 5. The molecule has 2 unspecified atom stereocenters. The number of likely N-dealkylation sites (N-methyl/N-ethyl adjacent to an activating group) is 1. The van der Waals surface area contributed by atoms with Gasteiger partial charge in [-0.05, 0) is 26.1 Å². The van der Waals surface area contributed by atoms with Gasteiger partial charge in [-0.2, -0.15) is 0 Å². The Labute approximate surface area is 117 Å². The van der Waals surface area contributed by atoms with Crippen LogP contribution >= 0.6 is 11.6 Å². The summed E-state index contributed by atoms with van der Waals surface area (Å²) in [7, 11) is 1.79. The molecule has 5 nitrogen and oxygen atoms in total.